The average Bonchev–Trinajstić information content (AvgIpc) is 2.66. The van der Waals surface area contributed by atoms with Crippen molar-refractivity contribution in [2.45, 2.75) is 64.7 Å². The third-order valence-corrected chi connectivity index (χ3v) is 7.40. The maximum Gasteiger partial charge on any atom is 0.324 e. The summed E-state index contributed by atoms with van der Waals surface area (Å²) in [7, 11) is 1.87. The molecule has 1 aromatic rings. The summed E-state index contributed by atoms with van der Waals surface area (Å²) in [5.41, 5.74) is 1.53. The van der Waals surface area contributed by atoms with E-state index in [4.69, 9.17) is 0 Å². The summed E-state index contributed by atoms with van der Waals surface area (Å²) < 4.78 is 0. The Hall–Kier alpha value is -1.58. The van der Waals surface area contributed by atoms with Crippen LogP contribution in [-0.4, -0.2) is 36.1 Å². The van der Waals surface area contributed by atoms with Gasteiger partial charge in [-0.05, 0) is 93.1 Å². The van der Waals surface area contributed by atoms with Gasteiger partial charge in [0.25, 0.3) is 0 Å². The number of nitrogens with zero attached hydrogens (tertiary/aromatic N) is 3. The Morgan fingerprint density at radius 2 is 1.67 bits per heavy atom. The minimum Gasteiger partial charge on any atom is -0.324 e. The van der Waals surface area contributed by atoms with Gasteiger partial charge in [0.2, 0.25) is 0 Å². The lowest BCUT2D eigenvalue weighted by Crippen LogP contribution is -2.46. The molecule has 0 aliphatic heterocycles. The van der Waals surface area contributed by atoms with Crippen LogP contribution in [0.15, 0.2) is 24.5 Å². The van der Waals surface area contributed by atoms with Crippen LogP contribution in [0.2, 0.25) is 0 Å². The molecule has 148 valence electrons. The lowest BCUT2D eigenvalue weighted by molar-refractivity contribution is -0.0586. The van der Waals surface area contributed by atoms with E-state index in [0.717, 1.165) is 49.4 Å². The zero-order valence-electron chi connectivity index (χ0n) is 17.1. The summed E-state index contributed by atoms with van der Waals surface area (Å²) in [6, 6.07) is 3.92. The van der Waals surface area contributed by atoms with E-state index in [9.17, 15) is 4.79 Å². The van der Waals surface area contributed by atoms with Gasteiger partial charge in [-0.1, -0.05) is 6.92 Å². The molecule has 0 spiro atoms. The summed E-state index contributed by atoms with van der Waals surface area (Å²) in [5, 5.41) is 0. The Labute approximate surface area is 164 Å². The fraction of sp³-hybridized carbons (Fsp3) is 0.739. The summed E-state index contributed by atoms with van der Waals surface area (Å²) in [6.07, 6.45) is 15.9. The van der Waals surface area contributed by atoms with E-state index in [0.29, 0.717) is 5.41 Å². The Morgan fingerprint density at radius 1 is 1.07 bits per heavy atom. The molecule has 1 aromatic heterocycles. The molecule has 4 aliphatic carbocycles. The highest BCUT2D eigenvalue weighted by atomic mass is 16.2. The summed E-state index contributed by atoms with van der Waals surface area (Å²) in [4.78, 5) is 20.9. The lowest BCUT2D eigenvalue weighted by atomic mass is 9.48. The van der Waals surface area contributed by atoms with Crippen molar-refractivity contribution in [2.75, 3.05) is 25.0 Å². The molecular formula is C23H35N3O. The highest BCUT2D eigenvalue weighted by molar-refractivity contribution is 5.91. The SMILES string of the molecule is CCCN(CCCC12CC3CC(CC(C3)C1)C2)C(=O)N(C)c1ccncc1. The highest BCUT2D eigenvalue weighted by Gasteiger charge is 2.50. The molecule has 4 aliphatic rings. The molecule has 4 fully saturated rings. The Kier molecular flexibility index (Phi) is 5.43. The Bertz CT molecular complexity index is 609. The zero-order chi connectivity index (χ0) is 18.9. The maximum absolute atomic E-state index is 13.0. The molecule has 5 rings (SSSR count). The van der Waals surface area contributed by atoms with Gasteiger partial charge in [0.1, 0.15) is 0 Å². The maximum atomic E-state index is 13.0. The monoisotopic (exact) mass is 369 g/mol. The van der Waals surface area contributed by atoms with E-state index in [1.54, 1.807) is 17.3 Å². The first-order valence-electron chi connectivity index (χ1n) is 11.0. The van der Waals surface area contributed by atoms with Crippen molar-refractivity contribution in [3.05, 3.63) is 24.5 Å². The predicted octanol–water partition coefficient (Wildman–Crippen LogP) is 5.35. The smallest absolute Gasteiger partial charge is 0.324 e. The van der Waals surface area contributed by atoms with Crippen LogP contribution in [0.5, 0.6) is 0 Å². The summed E-state index contributed by atoms with van der Waals surface area (Å²) >= 11 is 0. The largest absolute Gasteiger partial charge is 0.324 e. The summed E-state index contributed by atoms with van der Waals surface area (Å²) in [6.45, 7) is 3.89. The number of aromatic nitrogens is 1. The first-order valence-corrected chi connectivity index (χ1v) is 11.0. The number of carbonyl (C=O) groups excluding carboxylic acids is 1. The molecule has 0 N–H and O–H groups in total. The molecule has 0 aromatic carbocycles. The molecule has 0 atom stereocenters. The second-order valence-corrected chi connectivity index (χ2v) is 9.56. The number of pyridine rings is 1. The minimum absolute atomic E-state index is 0.119. The molecular weight excluding hydrogens is 334 g/mol. The van der Waals surface area contributed by atoms with Crippen LogP contribution in [0.3, 0.4) is 0 Å². The molecule has 4 saturated carbocycles. The van der Waals surface area contributed by atoms with Crippen molar-refractivity contribution in [2.24, 2.45) is 23.2 Å². The van der Waals surface area contributed by atoms with Crippen LogP contribution in [0.25, 0.3) is 0 Å². The number of hydrogen-bond acceptors (Lipinski definition) is 2. The van der Waals surface area contributed by atoms with E-state index >= 15 is 0 Å². The average molecular weight is 370 g/mol. The fourth-order valence-corrected chi connectivity index (χ4v) is 6.70. The number of rotatable bonds is 7. The number of hydrogen-bond donors (Lipinski definition) is 0. The number of amides is 2. The summed E-state index contributed by atoms with van der Waals surface area (Å²) in [5.74, 6) is 3.05. The van der Waals surface area contributed by atoms with Gasteiger partial charge in [-0.2, -0.15) is 0 Å². The van der Waals surface area contributed by atoms with Crippen LogP contribution in [0.4, 0.5) is 10.5 Å². The van der Waals surface area contributed by atoms with Crippen LogP contribution >= 0.6 is 0 Å². The third kappa shape index (κ3) is 4.00. The second-order valence-electron chi connectivity index (χ2n) is 9.56. The van der Waals surface area contributed by atoms with Gasteiger partial charge in [0, 0.05) is 38.2 Å². The van der Waals surface area contributed by atoms with Gasteiger partial charge >= 0.3 is 6.03 Å². The van der Waals surface area contributed by atoms with Crippen LogP contribution in [0.1, 0.15) is 64.7 Å². The zero-order valence-corrected chi connectivity index (χ0v) is 17.1. The van der Waals surface area contributed by atoms with Gasteiger partial charge < -0.3 is 4.90 Å². The fourth-order valence-electron chi connectivity index (χ4n) is 6.70. The van der Waals surface area contributed by atoms with Gasteiger partial charge in [-0.15, -0.1) is 0 Å². The molecule has 0 radical (unpaired) electrons. The number of anilines is 1. The van der Waals surface area contributed by atoms with Crippen molar-refractivity contribution in [1.82, 2.24) is 9.88 Å². The molecule has 1 heterocycles. The van der Waals surface area contributed by atoms with Crippen LogP contribution < -0.4 is 4.90 Å². The predicted molar refractivity (Wildman–Crippen MR) is 110 cm³/mol. The van der Waals surface area contributed by atoms with Crippen LogP contribution in [0, 0.1) is 23.2 Å². The van der Waals surface area contributed by atoms with Crippen molar-refractivity contribution in [1.29, 1.82) is 0 Å². The molecule has 2 amide bonds. The van der Waals surface area contributed by atoms with E-state index in [1.807, 2.05) is 19.2 Å². The van der Waals surface area contributed by atoms with Crippen LogP contribution in [-0.2, 0) is 0 Å². The molecule has 4 bridgehead atoms. The Balaban J connectivity index is 1.34. The van der Waals surface area contributed by atoms with Crippen molar-refractivity contribution in [3.63, 3.8) is 0 Å². The molecule has 0 unspecified atom stereocenters. The van der Waals surface area contributed by atoms with Gasteiger partial charge in [-0.25, -0.2) is 4.79 Å². The second kappa shape index (κ2) is 7.81. The minimum atomic E-state index is 0.119. The standard InChI is InChI=1S/C23H35N3O/c1-3-10-26(22(27)25(2)21-5-8-24-9-6-21)11-4-7-23-15-18-12-19(16-23)14-20(13-18)17-23/h5-6,8-9,18-20H,3-4,7,10-17H2,1-2H3. The van der Waals surface area contributed by atoms with E-state index in [-0.39, 0.29) is 6.03 Å². The molecule has 4 nitrogen and oxygen atoms in total. The third-order valence-electron chi connectivity index (χ3n) is 7.40. The topological polar surface area (TPSA) is 36.4 Å². The number of urea groups is 1. The van der Waals surface area contributed by atoms with Crippen molar-refractivity contribution in [3.8, 4) is 0 Å². The van der Waals surface area contributed by atoms with Crippen molar-refractivity contribution >= 4 is 11.7 Å². The first-order chi connectivity index (χ1) is 13.1. The lowest BCUT2D eigenvalue weighted by Gasteiger charge is -2.57. The Morgan fingerprint density at radius 3 is 2.22 bits per heavy atom. The number of carbonyl (C=O) groups is 1. The quantitative estimate of drug-likeness (QED) is 0.650. The molecule has 27 heavy (non-hydrogen) atoms. The normalized spacial score (nSPS) is 31.1. The van der Waals surface area contributed by atoms with Gasteiger partial charge in [0.05, 0.1) is 0 Å². The van der Waals surface area contributed by atoms with Crippen molar-refractivity contribution < 1.29 is 4.79 Å². The van der Waals surface area contributed by atoms with E-state index in [2.05, 4.69) is 16.8 Å². The molecule has 4 heteroatoms. The van der Waals surface area contributed by atoms with E-state index < -0.39 is 0 Å². The highest BCUT2D eigenvalue weighted by Crippen LogP contribution is 2.61. The first kappa shape index (κ1) is 18.8. The van der Waals surface area contributed by atoms with E-state index in [1.165, 1.54) is 44.9 Å². The van der Waals surface area contributed by atoms with Gasteiger partial charge in [0.15, 0.2) is 0 Å². The molecule has 0 saturated heterocycles. The van der Waals surface area contributed by atoms with Gasteiger partial charge in [-0.3, -0.25) is 9.88 Å².